The zero-order valence-corrected chi connectivity index (χ0v) is 9.76. The van der Waals surface area contributed by atoms with Gasteiger partial charge in [0.25, 0.3) is 0 Å². The number of aliphatic hydroxyl groups is 1. The summed E-state index contributed by atoms with van der Waals surface area (Å²) in [6, 6.07) is 0. The van der Waals surface area contributed by atoms with Gasteiger partial charge in [-0.3, -0.25) is 0 Å². The summed E-state index contributed by atoms with van der Waals surface area (Å²) in [5.41, 5.74) is 0. The topological polar surface area (TPSA) is 20.2 Å². The van der Waals surface area contributed by atoms with Crippen molar-refractivity contribution >= 4 is 0 Å². The molecule has 0 aromatic carbocycles. The Kier molecular flexibility index (Phi) is 8.35. The molecule has 0 amide bonds. The second-order valence-electron chi connectivity index (χ2n) is 3.97. The van der Waals surface area contributed by atoms with Crippen molar-refractivity contribution in [1.82, 2.24) is 0 Å². The molecule has 0 aliphatic carbocycles. The van der Waals surface area contributed by atoms with Gasteiger partial charge in [-0.15, -0.1) is 0 Å². The van der Waals surface area contributed by atoms with Crippen LogP contribution in [-0.4, -0.2) is 17.4 Å². The van der Waals surface area contributed by atoms with E-state index < -0.39 is 12.3 Å². The Morgan fingerprint density at radius 3 is 2.19 bits per heavy atom. The number of halogens is 3. The fourth-order valence-corrected chi connectivity index (χ4v) is 1.38. The molecular formula is C12H21F3O. The molecule has 96 valence electrons. The summed E-state index contributed by atoms with van der Waals surface area (Å²) in [6.07, 6.45) is 2.71. The van der Waals surface area contributed by atoms with Crippen LogP contribution in [0.3, 0.4) is 0 Å². The molecule has 0 heterocycles. The van der Waals surface area contributed by atoms with Crippen LogP contribution >= 0.6 is 0 Å². The van der Waals surface area contributed by atoms with E-state index in [0.717, 1.165) is 25.3 Å². The van der Waals surface area contributed by atoms with Gasteiger partial charge in [0, 0.05) is 0 Å². The van der Waals surface area contributed by atoms with Crippen molar-refractivity contribution in [2.24, 2.45) is 0 Å². The first-order valence-corrected chi connectivity index (χ1v) is 5.90. The summed E-state index contributed by atoms with van der Waals surface area (Å²) in [5.74, 6) is 0. The number of rotatable bonds is 8. The van der Waals surface area contributed by atoms with Crippen LogP contribution in [-0.2, 0) is 0 Å². The van der Waals surface area contributed by atoms with Crippen LogP contribution in [0.5, 0.6) is 0 Å². The van der Waals surface area contributed by atoms with Gasteiger partial charge in [-0.2, -0.15) is 13.2 Å². The van der Waals surface area contributed by atoms with Crippen LogP contribution in [0.2, 0.25) is 0 Å². The zero-order chi connectivity index (χ0) is 12.4. The predicted molar refractivity (Wildman–Crippen MR) is 59.2 cm³/mol. The van der Waals surface area contributed by atoms with Crippen LogP contribution in [0.4, 0.5) is 13.2 Å². The average Bonchev–Trinajstić information content (AvgIpc) is 2.20. The molecule has 1 atom stereocenters. The van der Waals surface area contributed by atoms with Crippen LogP contribution in [0, 0.1) is 0 Å². The van der Waals surface area contributed by atoms with E-state index in [0.29, 0.717) is 6.42 Å². The molecule has 0 rings (SSSR count). The van der Waals surface area contributed by atoms with E-state index in [2.05, 4.69) is 6.92 Å². The van der Waals surface area contributed by atoms with Gasteiger partial charge in [0.05, 0.1) is 0 Å². The molecule has 0 aliphatic rings. The van der Waals surface area contributed by atoms with Gasteiger partial charge in [-0.05, 0) is 12.8 Å². The minimum absolute atomic E-state index is 0.610. The van der Waals surface area contributed by atoms with Crippen molar-refractivity contribution in [1.29, 1.82) is 0 Å². The van der Waals surface area contributed by atoms with Gasteiger partial charge in [-0.1, -0.05) is 51.2 Å². The number of unbranched alkanes of at least 4 members (excludes halogenated alkanes) is 6. The Hall–Kier alpha value is -0.510. The van der Waals surface area contributed by atoms with E-state index in [9.17, 15) is 13.2 Å². The molecule has 0 spiro atoms. The Labute approximate surface area is 95.4 Å². The van der Waals surface area contributed by atoms with Crippen LogP contribution in [0.15, 0.2) is 12.2 Å². The standard InChI is InChI=1S/C12H21F3O/c1-2-3-4-5-6-7-8-9-10-11(16)12(13,14)15/h9-11,16H,2-8H2,1H3/b10-9+. The first kappa shape index (κ1) is 15.5. The van der Waals surface area contributed by atoms with E-state index >= 15 is 0 Å². The van der Waals surface area contributed by atoms with Crippen LogP contribution in [0.25, 0.3) is 0 Å². The molecule has 16 heavy (non-hydrogen) atoms. The summed E-state index contributed by atoms with van der Waals surface area (Å²) in [6.45, 7) is 2.14. The van der Waals surface area contributed by atoms with Crippen molar-refractivity contribution in [3.63, 3.8) is 0 Å². The molecule has 4 heteroatoms. The highest BCUT2D eigenvalue weighted by Gasteiger charge is 2.35. The second kappa shape index (κ2) is 8.62. The number of aliphatic hydroxyl groups excluding tert-OH is 1. The van der Waals surface area contributed by atoms with Gasteiger partial charge in [0.1, 0.15) is 0 Å². The van der Waals surface area contributed by atoms with Crippen LogP contribution < -0.4 is 0 Å². The average molecular weight is 238 g/mol. The lowest BCUT2D eigenvalue weighted by Gasteiger charge is -2.09. The third-order valence-electron chi connectivity index (χ3n) is 2.38. The number of allylic oxidation sites excluding steroid dienone is 1. The molecule has 0 aliphatic heterocycles. The van der Waals surface area contributed by atoms with E-state index in [1.807, 2.05) is 0 Å². The highest BCUT2D eigenvalue weighted by molar-refractivity contribution is 4.92. The molecule has 0 aromatic rings. The molecule has 1 nitrogen and oxygen atoms in total. The molecule has 1 unspecified atom stereocenters. The van der Waals surface area contributed by atoms with Crippen molar-refractivity contribution < 1.29 is 18.3 Å². The molecule has 0 bridgehead atoms. The maximum Gasteiger partial charge on any atom is 0.417 e. The number of alkyl halides is 3. The SMILES string of the molecule is CCCCCCCC/C=C/C(O)C(F)(F)F. The molecule has 0 saturated heterocycles. The zero-order valence-electron chi connectivity index (χ0n) is 9.76. The Balaban J connectivity index is 3.41. The van der Waals surface area contributed by atoms with Crippen molar-refractivity contribution in [3.8, 4) is 0 Å². The van der Waals surface area contributed by atoms with Gasteiger partial charge in [0.15, 0.2) is 6.10 Å². The summed E-state index contributed by atoms with van der Waals surface area (Å²) >= 11 is 0. The third-order valence-corrected chi connectivity index (χ3v) is 2.38. The fraction of sp³-hybridized carbons (Fsp3) is 0.833. The lowest BCUT2D eigenvalue weighted by atomic mass is 10.1. The van der Waals surface area contributed by atoms with Gasteiger partial charge < -0.3 is 5.11 Å². The lowest BCUT2D eigenvalue weighted by Crippen LogP contribution is -2.25. The maximum absolute atomic E-state index is 11.9. The van der Waals surface area contributed by atoms with Gasteiger partial charge >= 0.3 is 6.18 Å². The first-order valence-electron chi connectivity index (χ1n) is 5.90. The van der Waals surface area contributed by atoms with E-state index in [-0.39, 0.29) is 0 Å². The van der Waals surface area contributed by atoms with E-state index in [1.54, 1.807) is 0 Å². The molecule has 0 saturated carbocycles. The fourth-order valence-electron chi connectivity index (χ4n) is 1.38. The highest BCUT2D eigenvalue weighted by atomic mass is 19.4. The molecule has 0 radical (unpaired) electrons. The molecule has 0 fully saturated rings. The smallest absolute Gasteiger partial charge is 0.380 e. The summed E-state index contributed by atoms with van der Waals surface area (Å²) in [4.78, 5) is 0. The monoisotopic (exact) mass is 238 g/mol. The minimum atomic E-state index is -4.53. The quantitative estimate of drug-likeness (QED) is 0.496. The van der Waals surface area contributed by atoms with Crippen molar-refractivity contribution in [3.05, 3.63) is 12.2 Å². The molecular weight excluding hydrogens is 217 g/mol. The minimum Gasteiger partial charge on any atom is -0.380 e. The van der Waals surface area contributed by atoms with Crippen molar-refractivity contribution in [2.75, 3.05) is 0 Å². The Morgan fingerprint density at radius 2 is 1.62 bits per heavy atom. The Bertz CT molecular complexity index is 187. The van der Waals surface area contributed by atoms with E-state index in [1.165, 1.54) is 25.3 Å². The highest BCUT2D eigenvalue weighted by Crippen LogP contribution is 2.20. The van der Waals surface area contributed by atoms with E-state index in [4.69, 9.17) is 5.11 Å². The summed E-state index contributed by atoms with van der Waals surface area (Å²) in [7, 11) is 0. The molecule has 0 aromatic heterocycles. The summed E-state index contributed by atoms with van der Waals surface area (Å²) in [5, 5.41) is 8.65. The van der Waals surface area contributed by atoms with Crippen molar-refractivity contribution in [2.45, 2.75) is 64.1 Å². The normalized spacial score (nSPS) is 14.6. The Morgan fingerprint density at radius 1 is 1.06 bits per heavy atom. The van der Waals surface area contributed by atoms with Gasteiger partial charge in [-0.25, -0.2) is 0 Å². The largest absolute Gasteiger partial charge is 0.417 e. The predicted octanol–water partition coefficient (Wildman–Crippen LogP) is 4.22. The first-order chi connectivity index (χ1) is 7.48. The number of hydrogen-bond acceptors (Lipinski definition) is 1. The molecule has 1 N–H and O–H groups in total. The summed E-state index contributed by atoms with van der Waals surface area (Å²) < 4.78 is 35.6. The third kappa shape index (κ3) is 8.77. The second-order valence-corrected chi connectivity index (χ2v) is 3.97. The van der Waals surface area contributed by atoms with Gasteiger partial charge in [0.2, 0.25) is 0 Å². The maximum atomic E-state index is 11.9. The van der Waals surface area contributed by atoms with Crippen LogP contribution in [0.1, 0.15) is 51.9 Å². The number of hydrogen-bond donors (Lipinski definition) is 1. The lowest BCUT2D eigenvalue weighted by molar-refractivity contribution is -0.187.